The number of hydrogen-bond donors (Lipinski definition) is 1. The average Bonchev–Trinajstić information content (AvgIpc) is 3.12. The highest BCUT2D eigenvalue weighted by molar-refractivity contribution is 9.10. The predicted molar refractivity (Wildman–Crippen MR) is 132 cm³/mol. The molecule has 0 radical (unpaired) electrons. The largest absolute Gasteiger partial charge is 0.497 e. The summed E-state index contributed by atoms with van der Waals surface area (Å²) < 4.78 is 39.4. The molecule has 0 saturated heterocycles. The molecule has 1 heterocycles. The Morgan fingerprint density at radius 3 is 2.34 bits per heavy atom. The normalized spacial score (nSPS) is 11.5. The summed E-state index contributed by atoms with van der Waals surface area (Å²) in [5.74, 6) is 1.52. The van der Waals surface area contributed by atoms with Crippen molar-refractivity contribution in [2.45, 2.75) is 6.54 Å². The first-order valence-corrected chi connectivity index (χ1v) is 12.5. The highest BCUT2D eigenvalue weighted by atomic mass is 79.9. The summed E-state index contributed by atoms with van der Waals surface area (Å²) in [6.07, 6.45) is 1.19. The van der Waals surface area contributed by atoms with Crippen molar-refractivity contribution >= 4 is 42.7 Å². The van der Waals surface area contributed by atoms with Crippen LogP contribution in [0.4, 0.5) is 5.82 Å². The summed E-state index contributed by atoms with van der Waals surface area (Å²) in [5, 5.41) is 4.07. The van der Waals surface area contributed by atoms with E-state index in [1.807, 2.05) is 54.6 Å². The van der Waals surface area contributed by atoms with Gasteiger partial charge in [0.05, 0.1) is 31.4 Å². The number of aromatic nitrogens is 1. The average molecular weight is 515 g/mol. The number of nitrogens with zero attached hydrogens (tertiary/aromatic N) is 1. The van der Waals surface area contributed by atoms with Crippen LogP contribution in [0.3, 0.4) is 0 Å². The van der Waals surface area contributed by atoms with E-state index in [0.717, 1.165) is 21.2 Å². The maximum Gasteiger partial charge on any atom is 0.237 e. The lowest BCUT2D eigenvalue weighted by molar-refractivity contribution is 0.398. The van der Waals surface area contributed by atoms with E-state index in [4.69, 9.17) is 9.47 Å². The molecule has 1 N–H and O–H groups in total. The Balaban J connectivity index is 2.05. The minimum Gasteiger partial charge on any atom is -0.497 e. The maximum atomic E-state index is 13.0. The molecule has 0 amide bonds. The molecular formula is C24H23BrN2O4S. The van der Waals surface area contributed by atoms with Gasteiger partial charge in [0.15, 0.2) is 0 Å². The molecule has 0 unspecified atom stereocenters. The molecule has 1 aromatic heterocycles. The van der Waals surface area contributed by atoms with Crippen molar-refractivity contribution in [1.29, 1.82) is 0 Å². The Kier molecular flexibility index (Phi) is 6.17. The fraction of sp³-hybridized carbons (Fsp3) is 0.167. The quantitative estimate of drug-likeness (QED) is 0.352. The molecule has 4 aromatic rings. The third-order valence-corrected chi connectivity index (χ3v) is 6.70. The number of benzene rings is 3. The molecule has 0 aliphatic rings. The fourth-order valence-electron chi connectivity index (χ4n) is 3.83. The summed E-state index contributed by atoms with van der Waals surface area (Å²) in [4.78, 5) is 0. The summed E-state index contributed by atoms with van der Waals surface area (Å²) in [7, 11) is -0.571. The summed E-state index contributed by atoms with van der Waals surface area (Å²) >= 11 is 3.49. The fourth-order valence-corrected chi connectivity index (χ4v) is 5.27. The lowest BCUT2D eigenvalue weighted by Crippen LogP contribution is -2.14. The van der Waals surface area contributed by atoms with E-state index in [2.05, 4.69) is 21.2 Å². The van der Waals surface area contributed by atoms with Gasteiger partial charge in [0, 0.05) is 28.7 Å². The van der Waals surface area contributed by atoms with Crippen molar-refractivity contribution in [3.8, 4) is 22.6 Å². The van der Waals surface area contributed by atoms with E-state index < -0.39 is 10.0 Å². The van der Waals surface area contributed by atoms with Crippen molar-refractivity contribution in [2.24, 2.45) is 0 Å². The van der Waals surface area contributed by atoms with Crippen LogP contribution >= 0.6 is 15.9 Å². The van der Waals surface area contributed by atoms with E-state index in [1.54, 1.807) is 26.4 Å². The zero-order valence-corrected chi connectivity index (χ0v) is 20.3. The van der Waals surface area contributed by atoms with Crippen molar-refractivity contribution in [3.63, 3.8) is 0 Å². The van der Waals surface area contributed by atoms with Gasteiger partial charge in [0.1, 0.15) is 17.3 Å². The maximum absolute atomic E-state index is 13.0. The highest BCUT2D eigenvalue weighted by Gasteiger charge is 2.27. The Bertz CT molecular complexity index is 1380. The van der Waals surface area contributed by atoms with Gasteiger partial charge in [-0.3, -0.25) is 0 Å². The number of nitrogens with one attached hydrogen (secondary N) is 1. The van der Waals surface area contributed by atoms with Gasteiger partial charge in [0.2, 0.25) is 10.0 Å². The summed E-state index contributed by atoms with van der Waals surface area (Å²) in [6, 6.07) is 21.0. The predicted octanol–water partition coefficient (Wildman–Crippen LogP) is 5.51. The Hall–Kier alpha value is -2.97. The summed E-state index contributed by atoms with van der Waals surface area (Å²) in [6.45, 7) is 0.435. The second-order valence-corrected chi connectivity index (χ2v) is 10.1. The molecule has 0 saturated carbocycles. The number of fused-ring (bicyclic) bond motifs is 1. The molecule has 166 valence electrons. The number of ether oxygens (including phenoxy) is 2. The molecule has 6 nitrogen and oxygen atoms in total. The van der Waals surface area contributed by atoms with Crippen LogP contribution in [0.2, 0.25) is 0 Å². The van der Waals surface area contributed by atoms with Gasteiger partial charge >= 0.3 is 0 Å². The van der Waals surface area contributed by atoms with E-state index >= 15 is 0 Å². The molecular weight excluding hydrogens is 492 g/mol. The third kappa shape index (κ3) is 4.20. The topological polar surface area (TPSA) is 69.6 Å². The number of methoxy groups -OCH3 is 2. The zero-order chi connectivity index (χ0) is 22.9. The Labute approximate surface area is 196 Å². The van der Waals surface area contributed by atoms with Crippen LogP contribution in [0, 0.1) is 0 Å². The van der Waals surface area contributed by atoms with Gasteiger partial charge in [-0.25, -0.2) is 12.4 Å². The van der Waals surface area contributed by atoms with Crippen molar-refractivity contribution in [3.05, 3.63) is 76.8 Å². The van der Waals surface area contributed by atoms with Crippen LogP contribution in [0.25, 0.3) is 22.0 Å². The number of halogens is 1. The van der Waals surface area contributed by atoms with Crippen LogP contribution in [0.15, 0.2) is 71.2 Å². The monoisotopic (exact) mass is 514 g/mol. The van der Waals surface area contributed by atoms with Crippen LogP contribution in [0.1, 0.15) is 5.56 Å². The van der Waals surface area contributed by atoms with Gasteiger partial charge in [0.25, 0.3) is 0 Å². The van der Waals surface area contributed by atoms with Crippen LogP contribution < -0.4 is 14.8 Å². The van der Waals surface area contributed by atoms with Gasteiger partial charge in [-0.05, 0) is 23.3 Å². The molecule has 8 heteroatoms. The first-order valence-electron chi connectivity index (χ1n) is 9.88. The van der Waals surface area contributed by atoms with Crippen molar-refractivity contribution < 1.29 is 17.9 Å². The zero-order valence-electron chi connectivity index (χ0n) is 17.9. The van der Waals surface area contributed by atoms with E-state index in [-0.39, 0.29) is 0 Å². The van der Waals surface area contributed by atoms with Crippen molar-refractivity contribution in [2.75, 3.05) is 25.8 Å². The molecule has 0 atom stereocenters. The molecule has 0 aliphatic heterocycles. The van der Waals surface area contributed by atoms with E-state index in [0.29, 0.717) is 34.8 Å². The lowest BCUT2D eigenvalue weighted by atomic mass is 10.0. The molecule has 0 fully saturated rings. The molecule has 32 heavy (non-hydrogen) atoms. The smallest absolute Gasteiger partial charge is 0.237 e. The lowest BCUT2D eigenvalue weighted by Gasteiger charge is -2.13. The minimum atomic E-state index is -3.68. The van der Waals surface area contributed by atoms with Gasteiger partial charge in [-0.15, -0.1) is 0 Å². The number of anilines is 1. The standard InChI is InChI=1S/C24H23BrN2O4S/c1-30-19-13-20-23(21(14-19)31-2)22(17-9-5-4-6-10-17)24(27(20)32(3,28)29)26-15-16-8-7-11-18(25)12-16/h4-14,26H,15H2,1-3H3. The third-order valence-electron chi connectivity index (χ3n) is 5.16. The molecule has 0 spiro atoms. The first kappa shape index (κ1) is 22.2. The van der Waals surface area contributed by atoms with Crippen molar-refractivity contribution in [1.82, 2.24) is 3.97 Å². The Morgan fingerprint density at radius 2 is 1.72 bits per heavy atom. The SMILES string of the molecule is COc1cc(OC)c2c(-c3ccccc3)c(NCc3cccc(Br)c3)n(S(C)(=O)=O)c2c1. The van der Waals surface area contributed by atoms with Gasteiger partial charge in [-0.2, -0.15) is 0 Å². The molecule has 0 aliphatic carbocycles. The second kappa shape index (κ2) is 8.88. The van der Waals surface area contributed by atoms with Crippen LogP contribution in [-0.4, -0.2) is 32.9 Å². The molecule has 0 bridgehead atoms. The van der Waals surface area contributed by atoms with Crippen LogP contribution in [0.5, 0.6) is 11.5 Å². The number of rotatable bonds is 7. The minimum absolute atomic E-state index is 0.435. The molecule has 4 rings (SSSR count). The highest BCUT2D eigenvalue weighted by Crippen LogP contribution is 2.45. The Morgan fingerprint density at radius 1 is 0.969 bits per heavy atom. The summed E-state index contributed by atoms with van der Waals surface area (Å²) in [5.41, 5.74) is 3.12. The van der Waals surface area contributed by atoms with Crippen LogP contribution in [-0.2, 0) is 16.6 Å². The number of hydrogen-bond acceptors (Lipinski definition) is 5. The van der Waals surface area contributed by atoms with E-state index in [1.165, 1.54) is 10.2 Å². The first-order chi connectivity index (χ1) is 15.3. The van der Waals surface area contributed by atoms with Gasteiger partial charge < -0.3 is 14.8 Å². The second-order valence-electron chi connectivity index (χ2n) is 7.32. The van der Waals surface area contributed by atoms with Gasteiger partial charge in [-0.1, -0.05) is 58.4 Å². The van der Waals surface area contributed by atoms with E-state index in [9.17, 15) is 8.42 Å². The molecule has 3 aromatic carbocycles.